The molecule has 0 aliphatic carbocycles. The quantitative estimate of drug-likeness (QED) is 0.282. The summed E-state index contributed by atoms with van der Waals surface area (Å²) in [5.41, 5.74) is 2.66. The van der Waals surface area contributed by atoms with E-state index in [0.29, 0.717) is 39.2 Å². The molecule has 0 bridgehead atoms. The molecule has 3 aromatic rings. The minimum absolute atomic E-state index is 0.178. The second-order valence-electron chi connectivity index (χ2n) is 9.65. The Morgan fingerprint density at radius 1 is 1.12 bits per heavy atom. The van der Waals surface area contributed by atoms with Crippen LogP contribution < -0.4 is 0 Å². The van der Waals surface area contributed by atoms with E-state index in [1.54, 1.807) is 36.1 Å². The Bertz CT molecular complexity index is 1540. The van der Waals surface area contributed by atoms with E-state index in [9.17, 15) is 13.2 Å². The number of rotatable bonds is 8. The third-order valence-corrected chi connectivity index (χ3v) is 9.78. The maximum absolute atomic E-state index is 13.6. The van der Waals surface area contributed by atoms with Crippen molar-refractivity contribution in [3.63, 3.8) is 0 Å². The maximum atomic E-state index is 13.6. The highest BCUT2D eigenvalue weighted by molar-refractivity contribution is 8.26. The Morgan fingerprint density at radius 2 is 1.85 bits per heavy atom. The lowest BCUT2D eigenvalue weighted by molar-refractivity contribution is -0.122. The van der Waals surface area contributed by atoms with Crippen LogP contribution in [0.25, 0.3) is 23.0 Å². The zero-order valence-corrected chi connectivity index (χ0v) is 24.8. The van der Waals surface area contributed by atoms with E-state index in [0.717, 1.165) is 5.69 Å². The van der Waals surface area contributed by atoms with E-state index in [-0.39, 0.29) is 36.1 Å². The summed E-state index contributed by atoms with van der Waals surface area (Å²) in [5, 5.41) is 4.82. The fraction of sp³-hybridized carbons (Fsp3) is 0.321. The molecule has 2 aliphatic rings. The number of methoxy groups -OCH3 is 1. The summed E-state index contributed by atoms with van der Waals surface area (Å²) in [6.45, 7) is 5.06. The van der Waals surface area contributed by atoms with Gasteiger partial charge in [0.2, 0.25) is 10.0 Å². The van der Waals surface area contributed by atoms with Crippen molar-refractivity contribution in [3.8, 4) is 16.9 Å². The van der Waals surface area contributed by atoms with E-state index in [1.165, 1.54) is 21.0 Å². The molecular weight excluding hydrogens is 569 g/mol. The molecule has 2 aliphatic heterocycles. The molecule has 2 unspecified atom stereocenters. The summed E-state index contributed by atoms with van der Waals surface area (Å²) in [6, 6.07) is 16.4. The van der Waals surface area contributed by atoms with Crippen LogP contribution in [0.2, 0.25) is 0 Å². The number of hydrogen-bond acceptors (Lipinski definition) is 8. The molecule has 0 spiro atoms. The molecule has 1 aromatic heterocycles. The first-order valence-corrected chi connectivity index (χ1v) is 15.5. The molecule has 12 heteroatoms. The van der Waals surface area contributed by atoms with Crippen molar-refractivity contribution in [1.82, 2.24) is 19.0 Å². The Balaban J connectivity index is 1.56. The number of thioether (sulfide) groups is 1. The number of ether oxygens (including phenoxy) is 2. The van der Waals surface area contributed by atoms with Crippen molar-refractivity contribution < 1.29 is 22.7 Å². The molecule has 0 N–H and O–H groups in total. The van der Waals surface area contributed by atoms with E-state index in [1.807, 2.05) is 56.4 Å². The summed E-state index contributed by atoms with van der Waals surface area (Å²) < 4.78 is 41.7. The van der Waals surface area contributed by atoms with Gasteiger partial charge in [0.1, 0.15) is 10.0 Å². The van der Waals surface area contributed by atoms with Gasteiger partial charge in [-0.05, 0) is 44.2 Å². The molecule has 3 heterocycles. The minimum atomic E-state index is -3.76. The van der Waals surface area contributed by atoms with Gasteiger partial charge in [0, 0.05) is 37.5 Å². The van der Waals surface area contributed by atoms with Crippen LogP contribution in [0, 0.1) is 0 Å². The average molecular weight is 599 g/mol. The second kappa shape index (κ2) is 11.9. The molecule has 9 nitrogen and oxygen atoms in total. The number of nitrogens with zero attached hydrogens (tertiary/aromatic N) is 4. The largest absolute Gasteiger partial charge is 0.383 e. The average Bonchev–Trinajstić information content (AvgIpc) is 3.47. The van der Waals surface area contributed by atoms with Crippen LogP contribution in [0.3, 0.4) is 0 Å². The Hall–Kier alpha value is -2.87. The third-order valence-electron chi connectivity index (χ3n) is 6.57. The van der Waals surface area contributed by atoms with Crippen molar-refractivity contribution >= 4 is 50.3 Å². The molecule has 210 valence electrons. The van der Waals surface area contributed by atoms with Crippen molar-refractivity contribution in [1.29, 1.82) is 0 Å². The summed E-state index contributed by atoms with van der Waals surface area (Å²) in [4.78, 5) is 15.3. The molecule has 1 amide bonds. The first-order valence-electron chi connectivity index (χ1n) is 12.8. The number of morpholine rings is 1. The zero-order valence-electron chi connectivity index (χ0n) is 22.4. The smallest absolute Gasteiger partial charge is 0.266 e. The number of carbonyl (C=O) groups is 1. The van der Waals surface area contributed by atoms with Gasteiger partial charge in [0.25, 0.3) is 5.91 Å². The number of thiocarbonyl (C=S) groups is 1. The Labute approximate surface area is 243 Å². The fourth-order valence-corrected chi connectivity index (χ4v) is 7.66. The number of sulfonamides is 1. The van der Waals surface area contributed by atoms with Crippen LogP contribution in [0.4, 0.5) is 0 Å². The van der Waals surface area contributed by atoms with Gasteiger partial charge in [-0.2, -0.15) is 9.40 Å². The SMILES string of the molecule is COCCN1C(=O)C(=Cc2cn(-c3ccccc3)nc2-c2cccc(S(=O)(=O)N3CC(C)OC(C)C3)c2)SC1=S. The highest BCUT2D eigenvalue weighted by atomic mass is 32.2. The van der Waals surface area contributed by atoms with E-state index >= 15 is 0 Å². The van der Waals surface area contributed by atoms with Gasteiger partial charge in [0.15, 0.2) is 0 Å². The first kappa shape index (κ1) is 28.7. The van der Waals surface area contributed by atoms with Gasteiger partial charge in [-0.3, -0.25) is 9.69 Å². The monoisotopic (exact) mass is 598 g/mol. The summed E-state index contributed by atoms with van der Waals surface area (Å²) in [7, 11) is -2.19. The second-order valence-corrected chi connectivity index (χ2v) is 13.3. The van der Waals surface area contributed by atoms with Crippen molar-refractivity contribution in [2.75, 3.05) is 33.4 Å². The molecule has 2 atom stereocenters. The standard InChI is InChI=1S/C28H30N4O5S3/c1-19-16-30(17-20(2)37-19)40(34,35)24-11-7-8-21(14-24)26-22(18-32(29-26)23-9-5-4-6-10-23)15-25-27(33)31(12-13-36-3)28(38)39-25/h4-11,14-15,18-20H,12-13,16-17H2,1-3H3. The number of benzene rings is 2. The number of para-hydroxylation sites is 1. The number of hydrogen-bond donors (Lipinski definition) is 0. The van der Waals surface area contributed by atoms with E-state index in [2.05, 4.69) is 0 Å². The molecule has 0 saturated carbocycles. The van der Waals surface area contributed by atoms with E-state index < -0.39 is 10.0 Å². The van der Waals surface area contributed by atoms with Gasteiger partial charge in [-0.25, -0.2) is 13.1 Å². The lowest BCUT2D eigenvalue weighted by Gasteiger charge is -2.34. The lowest BCUT2D eigenvalue weighted by atomic mass is 10.1. The minimum Gasteiger partial charge on any atom is -0.383 e. The predicted octanol–water partition coefficient (Wildman–Crippen LogP) is 4.18. The number of amides is 1. The summed E-state index contributed by atoms with van der Waals surface area (Å²) in [5.74, 6) is -0.197. The Kier molecular flexibility index (Phi) is 8.55. The van der Waals surface area contributed by atoms with Crippen LogP contribution >= 0.6 is 24.0 Å². The molecule has 5 rings (SSSR count). The molecule has 2 fully saturated rings. The van der Waals surface area contributed by atoms with Crippen molar-refractivity contribution in [3.05, 3.63) is 71.3 Å². The van der Waals surface area contributed by atoms with Crippen molar-refractivity contribution in [2.24, 2.45) is 0 Å². The summed E-state index contributed by atoms with van der Waals surface area (Å²) in [6.07, 6.45) is 3.20. The van der Waals surface area contributed by atoms with Crippen molar-refractivity contribution in [2.45, 2.75) is 31.0 Å². The highest BCUT2D eigenvalue weighted by Gasteiger charge is 2.34. The third kappa shape index (κ3) is 5.92. The van der Waals surface area contributed by atoms with Gasteiger partial charge in [-0.15, -0.1) is 0 Å². The topological polar surface area (TPSA) is 94.0 Å². The summed E-state index contributed by atoms with van der Waals surface area (Å²) >= 11 is 6.66. The number of carbonyl (C=O) groups excluding carboxylic acids is 1. The zero-order chi connectivity index (χ0) is 28.4. The lowest BCUT2D eigenvalue weighted by Crippen LogP contribution is -2.48. The molecular formula is C28H30N4O5S3. The molecule has 0 radical (unpaired) electrons. The predicted molar refractivity (Wildman–Crippen MR) is 160 cm³/mol. The van der Waals surface area contributed by atoms with Crippen LogP contribution in [0.5, 0.6) is 0 Å². The van der Waals surface area contributed by atoms with Crippen LogP contribution in [-0.2, 0) is 24.3 Å². The van der Waals surface area contributed by atoms with Gasteiger partial charge < -0.3 is 9.47 Å². The van der Waals surface area contributed by atoms with Gasteiger partial charge in [-0.1, -0.05) is 54.3 Å². The highest BCUT2D eigenvalue weighted by Crippen LogP contribution is 2.35. The molecule has 2 saturated heterocycles. The van der Waals surface area contributed by atoms with Gasteiger partial charge >= 0.3 is 0 Å². The molecule has 2 aromatic carbocycles. The fourth-order valence-electron chi connectivity index (χ4n) is 4.73. The van der Waals surface area contributed by atoms with Crippen LogP contribution in [0.15, 0.2) is 70.6 Å². The van der Waals surface area contributed by atoms with E-state index in [4.69, 9.17) is 26.8 Å². The first-order chi connectivity index (χ1) is 19.2. The number of aromatic nitrogens is 2. The van der Waals surface area contributed by atoms with Gasteiger partial charge in [0.05, 0.1) is 40.8 Å². The molecule has 40 heavy (non-hydrogen) atoms. The Morgan fingerprint density at radius 3 is 2.55 bits per heavy atom. The van der Waals surface area contributed by atoms with Crippen LogP contribution in [-0.4, -0.2) is 83.2 Å². The van der Waals surface area contributed by atoms with Crippen LogP contribution in [0.1, 0.15) is 19.4 Å². The normalized spacial score (nSPS) is 21.5. The maximum Gasteiger partial charge on any atom is 0.266 e.